The van der Waals surface area contributed by atoms with Crippen LogP contribution in [0.1, 0.15) is 13.8 Å². The molecule has 0 spiro atoms. The van der Waals surface area contributed by atoms with Crippen molar-refractivity contribution in [3.8, 4) is 0 Å². The normalized spacial score (nSPS) is 11.0. The number of carbonyl (C=O) groups excluding carboxylic acids is 1. The molecule has 0 bridgehead atoms. The molecule has 100 valence electrons. The number of carbonyl (C=O) groups is 1. The number of hydrogen-bond donors (Lipinski definition) is 2. The number of nitrogens with zero attached hydrogens (tertiary/aromatic N) is 1. The fourth-order valence-corrected chi connectivity index (χ4v) is 1.83. The lowest BCUT2D eigenvalue weighted by molar-refractivity contribution is -0.117. The van der Waals surface area contributed by atoms with Crippen molar-refractivity contribution < 1.29 is 9.90 Å². The van der Waals surface area contributed by atoms with Crippen LogP contribution in [0.25, 0.3) is 0 Å². The summed E-state index contributed by atoms with van der Waals surface area (Å²) in [6.07, 6.45) is 0. The van der Waals surface area contributed by atoms with Crippen molar-refractivity contribution in [2.24, 2.45) is 0 Å². The van der Waals surface area contributed by atoms with Gasteiger partial charge in [-0.1, -0.05) is 15.9 Å². The monoisotopic (exact) mass is 314 g/mol. The summed E-state index contributed by atoms with van der Waals surface area (Å²) in [6.45, 7) is 4.86. The molecular formula is C13H19BrN2O2. The van der Waals surface area contributed by atoms with E-state index >= 15 is 0 Å². The lowest BCUT2D eigenvalue weighted by Crippen LogP contribution is -2.39. The minimum Gasteiger partial charge on any atom is -0.395 e. The van der Waals surface area contributed by atoms with E-state index < -0.39 is 0 Å². The van der Waals surface area contributed by atoms with E-state index in [1.54, 1.807) is 0 Å². The van der Waals surface area contributed by atoms with Crippen LogP contribution in [0.5, 0.6) is 0 Å². The Hall–Kier alpha value is -0.910. The predicted octanol–water partition coefficient (Wildman–Crippen LogP) is 2.09. The van der Waals surface area contributed by atoms with Crippen molar-refractivity contribution in [2.75, 3.05) is 25.0 Å². The number of amides is 1. The van der Waals surface area contributed by atoms with E-state index in [0.717, 1.165) is 10.2 Å². The van der Waals surface area contributed by atoms with E-state index in [0.29, 0.717) is 6.54 Å². The van der Waals surface area contributed by atoms with Gasteiger partial charge in [-0.2, -0.15) is 0 Å². The standard InChI is InChI=1S/C13H19BrN2O2/c1-10(2)16(7-8-17)9-13(18)15-12-5-3-11(14)4-6-12/h3-6,10,17H,7-9H2,1-2H3,(H,15,18). The van der Waals surface area contributed by atoms with Gasteiger partial charge in [0.1, 0.15) is 0 Å². The SMILES string of the molecule is CC(C)N(CCO)CC(=O)Nc1ccc(Br)cc1. The van der Waals surface area contributed by atoms with Gasteiger partial charge >= 0.3 is 0 Å². The summed E-state index contributed by atoms with van der Waals surface area (Å²) >= 11 is 3.34. The second kappa shape index (κ2) is 7.51. The maximum Gasteiger partial charge on any atom is 0.238 e. The number of nitrogens with one attached hydrogen (secondary N) is 1. The molecule has 1 aromatic carbocycles. The first-order valence-corrected chi connectivity index (χ1v) is 6.72. The maximum atomic E-state index is 11.8. The molecule has 0 saturated carbocycles. The van der Waals surface area contributed by atoms with Crippen molar-refractivity contribution in [1.29, 1.82) is 0 Å². The summed E-state index contributed by atoms with van der Waals surface area (Å²) in [6, 6.07) is 7.67. The van der Waals surface area contributed by atoms with Gasteiger partial charge in [-0.25, -0.2) is 0 Å². The largest absolute Gasteiger partial charge is 0.395 e. The molecule has 0 heterocycles. The second-order valence-electron chi connectivity index (χ2n) is 4.34. The Labute approximate surface area is 116 Å². The van der Waals surface area contributed by atoms with Crippen LogP contribution < -0.4 is 5.32 Å². The zero-order chi connectivity index (χ0) is 13.5. The van der Waals surface area contributed by atoms with Gasteiger partial charge in [-0.3, -0.25) is 9.69 Å². The highest BCUT2D eigenvalue weighted by Crippen LogP contribution is 2.14. The van der Waals surface area contributed by atoms with Crippen molar-refractivity contribution >= 4 is 27.5 Å². The van der Waals surface area contributed by atoms with Crippen LogP contribution in [0, 0.1) is 0 Å². The topological polar surface area (TPSA) is 52.6 Å². The van der Waals surface area contributed by atoms with Crippen LogP contribution >= 0.6 is 15.9 Å². The molecule has 0 aliphatic carbocycles. The average Bonchev–Trinajstić information content (AvgIpc) is 2.31. The van der Waals surface area contributed by atoms with Gasteiger partial charge in [-0.15, -0.1) is 0 Å². The van der Waals surface area contributed by atoms with E-state index in [4.69, 9.17) is 5.11 Å². The van der Waals surface area contributed by atoms with Crippen LogP contribution in [0.2, 0.25) is 0 Å². The van der Waals surface area contributed by atoms with Gasteiger partial charge in [0, 0.05) is 22.7 Å². The number of hydrogen-bond acceptors (Lipinski definition) is 3. The van der Waals surface area contributed by atoms with Gasteiger partial charge in [0.05, 0.1) is 13.2 Å². The fraction of sp³-hybridized carbons (Fsp3) is 0.462. The molecule has 0 unspecified atom stereocenters. The minimum atomic E-state index is -0.0699. The van der Waals surface area contributed by atoms with Crippen molar-refractivity contribution in [3.05, 3.63) is 28.7 Å². The quantitative estimate of drug-likeness (QED) is 0.845. The third kappa shape index (κ3) is 5.16. The molecule has 0 radical (unpaired) electrons. The number of anilines is 1. The Balaban J connectivity index is 2.52. The van der Waals surface area contributed by atoms with Gasteiger partial charge < -0.3 is 10.4 Å². The molecule has 18 heavy (non-hydrogen) atoms. The summed E-state index contributed by atoms with van der Waals surface area (Å²) in [5, 5.41) is 11.8. The van der Waals surface area contributed by atoms with Crippen molar-refractivity contribution in [3.63, 3.8) is 0 Å². The summed E-state index contributed by atoms with van der Waals surface area (Å²) < 4.78 is 0.976. The molecule has 1 aromatic rings. The highest BCUT2D eigenvalue weighted by atomic mass is 79.9. The number of halogens is 1. The molecule has 0 aromatic heterocycles. The molecule has 4 nitrogen and oxygen atoms in total. The summed E-state index contributed by atoms with van der Waals surface area (Å²) in [4.78, 5) is 13.8. The lowest BCUT2D eigenvalue weighted by atomic mass is 10.3. The van der Waals surface area contributed by atoms with Gasteiger partial charge in [-0.05, 0) is 38.1 Å². The van der Waals surface area contributed by atoms with E-state index in [1.165, 1.54) is 0 Å². The van der Waals surface area contributed by atoms with Crippen LogP contribution in [0.3, 0.4) is 0 Å². The first-order valence-electron chi connectivity index (χ1n) is 5.93. The van der Waals surface area contributed by atoms with Crippen LogP contribution in [0.4, 0.5) is 5.69 Å². The molecule has 0 saturated heterocycles. The van der Waals surface area contributed by atoms with Crippen LogP contribution in [-0.4, -0.2) is 41.7 Å². The lowest BCUT2D eigenvalue weighted by Gasteiger charge is -2.24. The van der Waals surface area contributed by atoms with E-state index in [2.05, 4.69) is 21.2 Å². The third-order valence-corrected chi connectivity index (χ3v) is 3.12. The Morgan fingerprint density at radius 2 is 2.00 bits per heavy atom. The molecule has 0 fully saturated rings. The van der Waals surface area contributed by atoms with Gasteiger partial charge in [0.2, 0.25) is 5.91 Å². The second-order valence-corrected chi connectivity index (χ2v) is 5.26. The molecule has 0 aliphatic rings. The summed E-state index contributed by atoms with van der Waals surface area (Å²) in [5.41, 5.74) is 0.774. The number of aliphatic hydroxyl groups is 1. The smallest absolute Gasteiger partial charge is 0.238 e. The summed E-state index contributed by atoms with van der Waals surface area (Å²) in [7, 11) is 0. The zero-order valence-corrected chi connectivity index (χ0v) is 12.3. The fourth-order valence-electron chi connectivity index (χ4n) is 1.57. The summed E-state index contributed by atoms with van der Waals surface area (Å²) in [5.74, 6) is -0.0699. The highest BCUT2D eigenvalue weighted by molar-refractivity contribution is 9.10. The van der Waals surface area contributed by atoms with Crippen LogP contribution in [0.15, 0.2) is 28.7 Å². The number of aliphatic hydroxyl groups excluding tert-OH is 1. The first-order chi connectivity index (χ1) is 8.52. The third-order valence-electron chi connectivity index (χ3n) is 2.59. The Morgan fingerprint density at radius 3 is 2.50 bits per heavy atom. The van der Waals surface area contributed by atoms with E-state index in [1.807, 2.05) is 43.0 Å². The highest BCUT2D eigenvalue weighted by Gasteiger charge is 2.13. The van der Waals surface area contributed by atoms with E-state index in [9.17, 15) is 4.79 Å². The predicted molar refractivity (Wildman–Crippen MR) is 76.6 cm³/mol. The van der Waals surface area contributed by atoms with Gasteiger partial charge in [0.25, 0.3) is 0 Å². The van der Waals surface area contributed by atoms with Crippen LogP contribution in [-0.2, 0) is 4.79 Å². The average molecular weight is 315 g/mol. The molecule has 1 amide bonds. The van der Waals surface area contributed by atoms with Crippen molar-refractivity contribution in [2.45, 2.75) is 19.9 Å². The molecule has 1 rings (SSSR count). The Kier molecular flexibility index (Phi) is 6.32. The maximum absolute atomic E-state index is 11.8. The molecule has 5 heteroatoms. The molecular weight excluding hydrogens is 296 g/mol. The van der Waals surface area contributed by atoms with Crippen molar-refractivity contribution in [1.82, 2.24) is 4.90 Å². The molecule has 0 atom stereocenters. The molecule has 0 aliphatic heterocycles. The first kappa shape index (κ1) is 15.1. The number of rotatable bonds is 6. The number of benzene rings is 1. The van der Waals surface area contributed by atoms with E-state index in [-0.39, 0.29) is 25.1 Å². The Bertz CT molecular complexity index is 379. The molecule has 2 N–H and O–H groups in total. The zero-order valence-electron chi connectivity index (χ0n) is 10.7. The van der Waals surface area contributed by atoms with Gasteiger partial charge in [0.15, 0.2) is 0 Å². The Morgan fingerprint density at radius 1 is 1.39 bits per heavy atom. The minimum absolute atomic E-state index is 0.0593.